The predicted octanol–water partition coefficient (Wildman–Crippen LogP) is 1.69. The lowest BCUT2D eigenvalue weighted by Gasteiger charge is -2.20. The minimum Gasteiger partial charge on any atom is -0.330 e. The first-order valence-corrected chi connectivity index (χ1v) is 4.70. The molecule has 0 aliphatic carbocycles. The van der Waals surface area contributed by atoms with Crippen LogP contribution in [0.5, 0.6) is 0 Å². The van der Waals surface area contributed by atoms with E-state index in [9.17, 15) is 0 Å². The monoisotopic (exact) mass is 189 g/mol. The summed E-state index contributed by atoms with van der Waals surface area (Å²) in [5.74, 6) is 6.34. The Morgan fingerprint density at radius 2 is 1.93 bits per heavy atom. The molecule has 74 valence electrons. The topological polar surface area (TPSA) is 41.6 Å². The largest absolute Gasteiger partial charge is 0.330 e. The van der Waals surface area contributed by atoms with Gasteiger partial charge < -0.3 is 10.7 Å². The van der Waals surface area contributed by atoms with Gasteiger partial charge in [0.15, 0.2) is 0 Å². The minimum absolute atomic E-state index is 0.0832. The maximum atomic E-state index is 5.43. The first-order valence-electron chi connectivity index (χ1n) is 4.70. The highest BCUT2D eigenvalue weighted by Crippen LogP contribution is 2.40. The van der Waals surface area contributed by atoms with Crippen LogP contribution in [0.3, 0.4) is 0 Å². The molecule has 0 fully saturated rings. The Morgan fingerprint density at radius 3 is 2.50 bits per heavy atom. The molecule has 1 heterocycles. The molecule has 0 spiro atoms. The van der Waals surface area contributed by atoms with Crippen molar-refractivity contribution in [2.24, 2.45) is 10.9 Å². The van der Waals surface area contributed by atoms with Gasteiger partial charge in [0.1, 0.15) is 5.84 Å². The molecule has 1 aliphatic heterocycles. The number of benzene rings is 1. The molecule has 2 rings (SSSR count). The molecule has 14 heavy (non-hydrogen) atoms. The average Bonchev–Trinajstić information content (AvgIpc) is 2.36. The molecule has 0 aromatic heterocycles. The van der Waals surface area contributed by atoms with E-state index in [1.165, 1.54) is 11.3 Å². The number of hydrogen-bond acceptors (Lipinski definition) is 2. The summed E-state index contributed by atoms with van der Waals surface area (Å²) in [7, 11) is 2.00. The minimum atomic E-state index is -0.0832. The number of rotatable bonds is 0. The van der Waals surface area contributed by atoms with Crippen molar-refractivity contribution >= 4 is 11.5 Å². The Balaban J connectivity index is 2.67. The molecular weight excluding hydrogens is 174 g/mol. The van der Waals surface area contributed by atoms with Crippen LogP contribution in [0, 0.1) is 0 Å². The van der Waals surface area contributed by atoms with Crippen LogP contribution >= 0.6 is 0 Å². The summed E-state index contributed by atoms with van der Waals surface area (Å²) in [6, 6.07) is 8.30. The van der Waals surface area contributed by atoms with Gasteiger partial charge >= 0.3 is 0 Å². The molecule has 1 aromatic carbocycles. The van der Waals surface area contributed by atoms with Crippen molar-refractivity contribution in [2.45, 2.75) is 19.3 Å². The van der Waals surface area contributed by atoms with E-state index in [0.717, 1.165) is 5.84 Å². The fraction of sp³-hybridized carbons (Fsp3) is 0.364. The summed E-state index contributed by atoms with van der Waals surface area (Å²) in [5, 5.41) is 3.88. The van der Waals surface area contributed by atoms with Crippen molar-refractivity contribution in [3.63, 3.8) is 0 Å². The first-order chi connectivity index (χ1) is 6.59. The molecule has 0 radical (unpaired) electrons. The van der Waals surface area contributed by atoms with Crippen molar-refractivity contribution < 1.29 is 0 Å². The molecule has 0 saturated heterocycles. The first kappa shape index (κ1) is 9.06. The SMILES string of the molecule is CN1C(=NN)C(C)(C)c2ccccc21. The van der Waals surface area contributed by atoms with Crippen LogP contribution in [0.25, 0.3) is 0 Å². The predicted molar refractivity (Wildman–Crippen MR) is 59.5 cm³/mol. The zero-order valence-corrected chi connectivity index (χ0v) is 8.78. The molecule has 0 saturated carbocycles. The second-order valence-corrected chi connectivity index (χ2v) is 4.15. The van der Waals surface area contributed by atoms with Gasteiger partial charge in [0.2, 0.25) is 0 Å². The summed E-state index contributed by atoms with van der Waals surface area (Å²) in [5.41, 5.74) is 2.40. The lowest BCUT2D eigenvalue weighted by atomic mass is 9.86. The number of nitrogens with zero attached hydrogens (tertiary/aromatic N) is 2. The van der Waals surface area contributed by atoms with Crippen molar-refractivity contribution in [2.75, 3.05) is 11.9 Å². The quantitative estimate of drug-likeness (QED) is 0.498. The number of para-hydroxylation sites is 1. The van der Waals surface area contributed by atoms with Crippen LogP contribution in [0.1, 0.15) is 19.4 Å². The zero-order chi connectivity index (χ0) is 10.3. The fourth-order valence-corrected chi connectivity index (χ4v) is 2.20. The van der Waals surface area contributed by atoms with Gasteiger partial charge in [-0.15, -0.1) is 0 Å². The molecule has 3 heteroatoms. The molecule has 2 N–H and O–H groups in total. The summed E-state index contributed by atoms with van der Waals surface area (Å²) < 4.78 is 0. The second-order valence-electron chi connectivity index (χ2n) is 4.15. The van der Waals surface area contributed by atoms with Crippen LogP contribution in [0.15, 0.2) is 29.4 Å². The van der Waals surface area contributed by atoms with Gasteiger partial charge in [-0.25, -0.2) is 0 Å². The van der Waals surface area contributed by atoms with Crippen molar-refractivity contribution in [3.8, 4) is 0 Å². The second kappa shape index (κ2) is 2.74. The van der Waals surface area contributed by atoms with Gasteiger partial charge in [-0.2, -0.15) is 5.10 Å². The summed E-state index contributed by atoms with van der Waals surface area (Å²) >= 11 is 0. The van der Waals surface area contributed by atoms with E-state index in [1.807, 2.05) is 19.2 Å². The molecule has 0 atom stereocenters. The number of fused-ring (bicyclic) bond motifs is 1. The fourth-order valence-electron chi connectivity index (χ4n) is 2.20. The van der Waals surface area contributed by atoms with Gasteiger partial charge in [-0.05, 0) is 25.5 Å². The molecule has 0 unspecified atom stereocenters. The van der Waals surface area contributed by atoms with Crippen LogP contribution in [0.4, 0.5) is 5.69 Å². The normalized spacial score (nSPS) is 21.4. The van der Waals surface area contributed by atoms with Crippen LogP contribution in [-0.2, 0) is 5.41 Å². The summed E-state index contributed by atoms with van der Waals surface area (Å²) in [6.07, 6.45) is 0. The number of nitrogens with two attached hydrogens (primary N) is 1. The van der Waals surface area contributed by atoms with Crippen molar-refractivity contribution in [1.82, 2.24) is 0 Å². The number of hydrazone groups is 1. The van der Waals surface area contributed by atoms with Crippen molar-refractivity contribution in [3.05, 3.63) is 29.8 Å². The maximum Gasteiger partial charge on any atom is 0.138 e. The molecule has 0 amide bonds. The number of hydrogen-bond donors (Lipinski definition) is 1. The number of amidine groups is 1. The Kier molecular flexibility index (Phi) is 1.77. The Hall–Kier alpha value is -1.51. The van der Waals surface area contributed by atoms with Crippen LogP contribution in [0.2, 0.25) is 0 Å². The smallest absolute Gasteiger partial charge is 0.138 e. The van der Waals surface area contributed by atoms with Gasteiger partial charge in [0.25, 0.3) is 0 Å². The standard InChI is InChI=1S/C11H15N3/c1-11(2)8-6-4-5-7-9(8)14(3)10(11)13-12/h4-7H,12H2,1-3H3. The van der Waals surface area contributed by atoms with E-state index < -0.39 is 0 Å². The lowest BCUT2D eigenvalue weighted by Crippen LogP contribution is -2.34. The van der Waals surface area contributed by atoms with Crippen LogP contribution < -0.4 is 10.7 Å². The van der Waals surface area contributed by atoms with E-state index in [2.05, 4.69) is 36.0 Å². The van der Waals surface area contributed by atoms with E-state index in [4.69, 9.17) is 5.84 Å². The van der Waals surface area contributed by atoms with E-state index in [0.29, 0.717) is 0 Å². The molecule has 1 aliphatic rings. The van der Waals surface area contributed by atoms with E-state index in [-0.39, 0.29) is 5.41 Å². The molecule has 3 nitrogen and oxygen atoms in total. The molecule has 1 aromatic rings. The van der Waals surface area contributed by atoms with Crippen LogP contribution in [-0.4, -0.2) is 12.9 Å². The third-order valence-corrected chi connectivity index (χ3v) is 2.94. The summed E-state index contributed by atoms with van der Waals surface area (Å²) in [6.45, 7) is 4.28. The highest BCUT2D eigenvalue weighted by atomic mass is 15.3. The van der Waals surface area contributed by atoms with Gasteiger partial charge in [0.05, 0.1) is 5.41 Å². The van der Waals surface area contributed by atoms with Gasteiger partial charge in [-0.1, -0.05) is 18.2 Å². The highest BCUT2D eigenvalue weighted by molar-refractivity contribution is 6.10. The third kappa shape index (κ3) is 0.953. The Morgan fingerprint density at radius 1 is 1.29 bits per heavy atom. The molecular formula is C11H15N3. The highest BCUT2D eigenvalue weighted by Gasteiger charge is 2.39. The number of anilines is 1. The average molecular weight is 189 g/mol. The third-order valence-electron chi connectivity index (χ3n) is 2.94. The zero-order valence-electron chi connectivity index (χ0n) is 8.78. The maximum absolute atomic E-state index is 5.43. The molecule has 0 bridgehead atoms. The van der Waals surface area contributed by atoms with Crippen molar-refractivity contribution in [1.29, 1.82) is 0 Å². The van der Waals surface area contributed by atoms with Gasteiger partial charge in [-0.3, -0.25) is 0 Å². The van der Waals surface area contributed by atoms with Gasteiger partial charge in [0, 0.05) is 12.7 Å². The summed E-state index contributed by atoms with van der Waals surface area (Å²) in [4.78, 5) is 2.05. The van der Waals surface area contributed by atoms with E-state index >= 15 is 0 Å². The Labute approximate surface area is 84.2 Å². The lowest BCUT2D eigenvalue weighted by molar-refractivity contribution is 0.728. The number of likely N-dealkylation sites (N-methyl/N-ethyl adjacent to an activating group) is 1. The van der Waals surface area contributed by atoms with E-state index in [1.54, 1.807) is 0 Å². The Bertz CT molecular complexity index is 393.